The Morgan fingerprint density at radius 2 is 1.88 bits per heavy atom. The molecule has 0 spiro atoms. The molecule has 0 N–H and O–H groups in total. The van der Waals surface area contributed by atoms with Gasteiger partial charge in [-0.25, -0.2) is 13.4 Å². The first kappa shape index (κ1) is 19.0. The molecule has 2 aromatic carbocycles. The molecule has 0 aliphatic carbocycles. The molecule has 0 aliphatic heterocycles. The van der Waals surface area contributed by atoms with Crippen molar-refractivity contribution >= 4 is 44.3 Å². The van der Waals surface area contributed by atoms with Gasteiger partial charge in [-0.15, -0.1) is 0 Å². The molecule has 0 atom stereocenters. The number of para-hydroxylation sites is 2. The number of rotatable bonds is 5. The van der Waals surface area contributed by atoms with Gasteiger partial charge in [0.25, 0.3) is 0 Å². The van der Waals surface area contributed by atoms with Crippen molar-refractivity contribution < 1.29 is 17.2 Å². The minimum Gasteiger partial charge on any atom is -0.269 e. The highest BCUT2D eigenvalue weighted by Gasteiger charge is 2.27. The number of hydrogen-bond acceptors (Lipinski definition) is 3. The molecule has 1 heterocycles. The average molecular weight is 420 g/mol. The summed E-state index contributed by atoms with van der Waals surface area (Å²) in [5.41, 5.74) is 0.582. The Morgan fingerprint density at radius 3 is 2.58 bits per heavy atom. The van der Waals surface area contributed by atoms with Crippen LogP contribution in [0.3, 0.4) is 0 Å². The number of hydrogen-bond donors (Lipinski definition) is 0. The SMILES string of the molecule is CN(Cc1nc2ccccc2n1C(F)F)S(=O)(=O)c1cc(Cl)ccc1Cl. The highest BCUT2D eigenvalue weighted by Crippen LogP contribution is 2.29. The highest BCUT2D eigenvalue weighted by atomic mass is 35.5. The van der Waals surface area contributed by atoms with Gasteiger partial charge >= 0.3 is 6.55 Å². The number of aromatic nitrogens is 2. The van der Waals surface area contributed by atoms with Crippen molar-refractivity contribution in [1.29, 1.82) is 0 Å². The first-order chi connectivity index (χ1) is 12.2. The summed E-state index contributed by atoms with van der Waals surface area (Å²) in [6, 6.07) is 10.4. The van der Waals surface area contributed by atoms with Crippen molar-refractivity contribution in [2.24, 2.45) is 0 Å². The Bertz CT molecular complexity index is 1070. The van der Waals surface area contributed by atoms with E-state index in [2.05, 4.69) is 4.98 Å². The molecule has 0 radical (unpaired) electrons. The molecular formula is C16H13Cl2F2N3O2S. The maximum absolute atomic E-state index is 13.5. The van der Waals surface area contributed by atoms with E-state index in [4.69, 9.17) is 23.2 Å². The summed E-state index contributed by atoms with van der Waals surface area (Å²) in [5.74, 6) is -0.0783. The second-order valence-electron chi connectivity index (χ2n) is 5.50. The van der Waals surface area contributed by atoms with Gasteiger partial charge in [0.2, 0.25) is 10.0 Å². The third-order valence-electron chi connectivity index (χ3n) is 3.81. The summed E-state index contributed by atoms with van der Waals surface area (Å²) in [6.07, 6.45) is 0. The molecule has 0 saturated carbocycles. The van der Waals surface area contributed by atoms with E-state index in [0.717, 1.165) is 4.31 Å². The quantitative estimate of drug-likeness (QED) is 0.608. The molecule has 0 amide bonds. The van der Waals surface area contributed by atoms with Crippen LogP contribution < -0.4 is 0 Å². The van der Waals surface area contributed by atoms with Gasteiger partial charge in [0, 0.05) is 12.1 Å². The average Bonchev–Trinajstić information content (AvgIpc) is 2.94. The minimum atomic E-state index is -4.05. The van der Waals surface area contributed by atoms with E-state index in [-0.39, 0.29) is 32.8 Å². The molecule has 5 nitrogen and oxygen atoms in total. The lowest BCUT2D eigenvalue weighted by Crippen LogP contribution is -2.28. The summed E-state index contributed by atoms with van der Waals surface area (Å²) in [4.78, 5) is 3.94. The number of alkyl halides is 2. The fraction of sp³-hybridized carbons (Fsp3) is 0.188. The van der Waals surface area contributed by atoms with Gasteiger partial charge in [0.15, 0.2) is 0 Å². The molecule has 3 rings (SSSR count). The fourth-order valence-corrected chi connectivity index (χ4v) is 4.41. The normalized spacial score (nSPS) is 12.4. The van der Waals surface area contributed by atoms with Crippen LogP contribution in [0.5, 0.6) is 0 Å². The van der Waals surface area contributed by atoms with Crippen molar-refractivity contribution in [2.75, 3.05) is 7.05 Å². The van der Waals surface area contributed by atoms with Gasteiger partial charge in [-0.2, -0.15) is 13.1 Å². The van der Waals surface area contributed by atoms with Gasteiger partial charge < -0.3 is 0 Å². The van der Waals surface area contributed by atoms with E-state index in [1.807, 2.05) is 0 Å². The maximum Gasteiger partial charge on any atom is 0.320 e. The van der Waals surface area contributed by atoms with Crippen LogP contribution in [0.1, 0.15) is 12.4 Å². The van der Waals surface area contributed by atoms with Crippen LogP contribution >= 0.6 is 23.2 Å². The summed E-state index contributed by atoms with van der Waals surface area (Å²) in [7, 11) is -2.79. The zero-order valence-corrected chi connectivity index (χ0v) is 15.7. The predicted molar refractivity (Wildman–Crippen MR) is 96.1 cm³/mol. The Balaban J connectivity index is 2.02. The molecule has 0 unspecified atom stereocenters. The van der Waals surface area contributed by atoms with Crippen molar-refractivity contribution in [3.63, 3.8) is 0 Å². The number of benzene rings is 2. The molecule has 10 heteroatoms. The van der Waals surface area contributed by atoms with Crippen LogP contribution in [0.15, 0.2) is 47.4 Å². The second-order valence-corrected chi connectivity index (χ2v) is 8.36. The van der Waals surface area contributed by atoms with E-state index >= 15 is 0 Å². The van der Waals surface area contributed by atoms with Gasteiger partial charge in [0.05, 0.1) is 22.6 Å². The van der Waals surface area contributed by atoms with Crippen molar-refractivity contribution in [1.82, 2.24) is 13.9 Å². The zero-order chi connectivity index (χ0) is 19.1. The topological polar surface area (TPSA) is 55.2 Å². The van der Waals surface area contributed by atoms with Gasteiger partial charge in [-0.1, -0.05) is 35.3 Å². The second kappa shape index (κ2) is 7.11. The molecule has 0 bridgehead atoms. The van der Waals surface area contributed by atoms with Crippen LogP contribution in [0, 0.1) is 0 Å². The Kier molecular flexibility index (Phi) is 5.21. The van der Waals surface area contributed by atoms with Gasteiger partial charge in [-0.3, -0.25) is 4.57 Å². The maximum atomic E-state index is 13.5. The molecule has 26 heavy (non-hydrogen) atoms. The van der Waals surface area contributed by atoms with E-state index in [9.17, 15) is 17.2 Å². The standard InChI is InChI=1S/C16H13Cl2F2N3O2S/c1-22(26(24,25)14-8-10(17)6-7-11(14)18)9-15-21-12-4-2-3-5-13(12)23(15)16(19)20/h2-8,16H,9H2,1H3. The first-order valence-electron chi connectivity index (χ1n) is 7.37. The predicted octanol–water partition coefficient (Wildman–Crippen LogP) is 4.56. The fourth-order valence-electron chi connectivity index (χ4n) is 2.55. The molecule has 0 fully saturated rings. The molecule has 0 aliphatic rings. The van der Waals surface area contributed by atoms with Crippen LogP contribution in [0.2, 0.25) is 10.0 Å². The number of nitrogens with zero attached hydrogens (tertiary/aromatic N) is 3. The van der Waals surface area contributed by atoms with E-state index in [1.54, 1.807) is 18.2 Å². The molecule has 138 valence electrons. The first-order valence-corrected chi connectivity index (χ1v) is 9.57. The van der Waals surface area contributed by atoms with Gasteiger partial charge in [0.1, 0.15) is 10.7 Å². The summed E-state index contributed by atoms with van der Waals surface area (Å²) >= 11 is 11.8. The third-order valence-corrected chi connectivity index (χ3v) is 6.33. The smallest absolute Gasteiger partial charge is 0.269 e. The molecule has 3 aromatic rings. The monoisotopic (exact) mass is 419 g/mol. The van der Waals surface area contributed by atoms with Crippen LogP contribution in [0.25, 0.3) is 11.0 Å². The number of fused-ring (bicyclic) bond motifs is 1. The van der Waals surface area contributed by atoms with Crippen molar-refractivity contribution in [3.05, 3.63) is 58.3 Å². The van der Waals surface area contributed by atoms with Crippen molar-refractivity contribution in [3.8, 4) is 0 Å². The Hall–Kier alpha value is -1.74. The summed E-state index contributed by atoms with van der Waals surface area (Å²) in [6.45, 7) is -3.22. The lowest BCUT2D eigenvalue weighted by molar-refractivity contribution is 0.0703. The lowest BCUT2D eigenvalue weighted by Gasteiger charge is -2.18. The lowest BCUT2D eigenvalue weighted by atomic mass is 10.3. The molecular weight excluding hydrogens is 407 g/mol. The van der Waals surface area contributed by atoms with E-state index in [1.165, 1.54) is 31.3 Å². The molecule has 1 aromatic heterocycles. The Morgan fingerprint density at radius 1 is 1.19 bits per heavy atom. The van der Waals surface area contributed by atoms with E-state index < -0.39 is 16.6 Å². The molecule has 0 saturated heterocycles. The number of sulfonamides is 1. The summed E-state index contributed by atoms with van der Waals surface area (Å²) < 4.78 is 54.1. The largest absolute Gasteiger partial charge is 0.320 e. The third kappa shape index (κ3) is 3.42. The zero-order valence-electron chi connectivity index (χ0n) is 13.4. The van der Waals surface area contributed by atoms with Gasteiger partial charge in [-0.05, 0) is 30.3 Å². The van der Waals surface area contributed by atoms with Crippen molar-refractivity contribution in [2.45, 2.75) is 18.0 Å². The Labute approximate surface area is 158 Å². The highest BCUT2D eigenvalue weighted by molar-refractivity contribution is 7.89. The van der Waals surface area contributed by atoms with Crippen LogP contribution in [0.4, 0.5) is 8.78 Å². The summed E-state index contributed by atoms with van der Waals surface area (Å²) in [5, 5.41) is 0.185. The number of halogens is 4. The van der Waals surface area contributed by atoms with Crippen LogP contribution in [-0.4, -0.2) is 29.3 Å². The van der Waals surface area contributed by atoms with E-state index in [0.29, 0.717) is 10.1 Å². The van der Waals surface area contributed by atoms with Crippen LogP contribution in [-0.2, 0) is 16.6 Å². The number of imidazole rings is 1. The minimum absolute atomic E-state index is 0.0105.